The first kappa shape index (κ1) is 17.3. The normalized spacial score (nSPS) is 17.2. The molecular weight excluding hydrogens is 387 g/mol. The van der Waals surface area contributed by atoms with Crippen molar-refractivity contribution in [1.82, 2.24) is 30.2 Å². The Kier molecular flexibility index (Phi) is 3.56. The molecule has 8 nitrogen and oxygen atoms in total. The van der Waals surface area contributed by atoms with Crippen molar-refractivity contribution in [3.8, 4) is 5.69 Å². The van der Waals surface area contributed by atoms with Crippen LogP contribution in [0.2, 0.25) is 0 Å². The summed E-state index contributed by atoms with van der Waals surface area (Å²) < 4.78 is 20.3. The van der Waals surface area contributed by atoms with Gasteiger partial charge >= 0.3 is 0 Å². The number of carbonyl (C=O) groups is 1. The van der Waals surface area contributed by atoms with Crippen LogP contribution in [0.1, 0.15) is 53.7 Å². The van der Waals surface area contributed by atoms with Crippen LogP contribution in [0.5, 0.6) is 0 Å². The maximum Gasteiger partial charge on any atom is 0.254 e. The van der Waals surface area contributed by atoms with Crippen LogP contribution < -0.4 is 5.32 Å². The minimum Gasteiger partial charge on any atom is -0.339 e. The molecule has 3 heterocycles. The lowest BCUT2D eigenvalue weighted by Gasteiger charge is -2.13. The number of rotatable bonds is 5. The van der Waals surface area contributed by atoms with Gasteiger partial charge in [-0.2, -0.15) is 10.1 Å². The molecule has 0 atom stereocenters. The van der Waals surface area contributed by atoms with Crippen molar-refractivity contribution in [3.63, 3.8) is 0 Å². The third-order valence-electron chi connectivity index (χ3n) is 5.71. The predicted molar refractivity (Wildman–Crippen MR) is 103 cm³/mol. The third-order valence-corrected chi connectivity index (χ3v) is 5.71. The van der Waals surface area contributed by atoms with Crippen molar-refractivity contribution < 1.29 is 13.7 Å². The van der Waals surface area contributed by atoms with Gasteiger partial charge in [-0.15, -0.1) is 0 Å². The molecule has 30 heavy (non-hydrogen) atoms. The number of hydrogen-bond acceptors (Lipinski definition) is 6. The van der Waals surface area contributed by atoms with Gasteiger partial charge in [-0.3, -0.25) is 9.78 Å². The monoisotopic (exact) mass is 404 g/mol. The Balaban J connectivity index is 1.31. The van der Waals surface area contributed by atoms with Gasteiger partial charge in [0.25, 0.3) is 5.91 Å². The summed E-state index contributed by atoms with van der Waals surface area (Å²) in [4.78, 5) is 21.8. The molecule has 1 amide bonds. The second kappa shape index (κ2) is 6.19. The van der Waals surface area contributed by atoms with Crippen molar-refractivity contribution in [1.29, 1.82) is 0 Å². The average molecular weight is 404 g/mol. The lowest BCUT2D eigenvalue weighted by molar-refractivity contribution is 0.0929. The SMILES string of the molecule is O=C(NC1(c2noc(C3CC3)n2)CC1)c1cncc2c1cnn2-c1ccc(F)cc1. The van der Waals surface area contributed by atoms with Crippen LogP contribution in [0.15, 0.2) is 47.4 Å². The molecule has 1 aromatic carbocycles. The Morgan fingerprint density at radius 1 is 1.17 bits per heavy atom. The average Bonchev–Trinajstić information content (AvgIpc) is 3.66. The first-order valence-electron chi connectivity index (χ1n) is 9.87. The molecule has 2 aliphatic carbocycles. The molecular formula is C21H17FN6O2. The standard InChI is InChI=1S/C21H17FN6O2/c22-13-3-5-14(6-4-13)28-17-11-23-9-16(15(17)10-24-28)18(29)26-21(7-8-21)20-25-19(30-27-20)12-1-2-12/h3-6,9-12H,1-2,7-8H2,(H,26,29). The highest BCUT2D eigenvalue weighted by molar-refractivity contribution is 6.06. The Hall–Kier alpha value is -3.62. The van der Waals surface area contributed by atoms with E-state index in [-0.39, 0.29) is 11.7 Å². The molecule has 4 aromatic rings. The molecule has 0 bridgehead atoms. The van der Waals surface area contributed by atoms with Crippen molar-refractivity contribution in [2.45, 2.75) is 37.1 Å². The molecule has 2 aliphatic rings. The van der Waals surface area contributed by atoms with Gasteiger partial charge in [0.15, 0.2) is 5.82 Å². The van der Waals surface area contributed by atoms with Crippen LogP contribution >= 0.6 is 0 Å². The van der Waals surface area contributed by atoms with Crippen LogP contribution in [-0.2, 0) is 5.54 Å². The maximum atomic E-state index is 13.3. The number of amides is 1. The summed E-state index contributed by atoms with van der Waals surface area (Å²) in [5.41, 5.74) is 1.18. The van der Waals surface area contributed by atoms with Crippen LogP contribution in [0.3, 0.4) is 0 Å². The molecule has 6 rings (SSSR count). The van der Waals surface area contributed by atoms with E-state index in [4.69, 9.17) is 4.52 Å². The summed E-state index contributed by atoms with van der Waals surface area (Å²) in [6.45, 7) is 0. The van der Waals surface area contributed by atoms with Gasteiger partial charge in [-0.25, -0.2) is 9.07 Å². The lowest BCUT2D eigenvalue weighted by atomic mass is 10.1. The topological polar surface area (TPSA) is 98.7 Å². The number of nitrogens with one attached hydrogen (secondary N) is 1. The predicted octanol–water partition coefficient (Wildman–Crippen LogP) is 3.24. The van der Waals surface area contributed by atoms with Crippen molar-refractivity contribution >= 4 is 16.8 Å². The van der Waals surface area contributed by atoms with E-state index in [0.717, 1.165) is 25.7 Å². The van der Waals surface area contributed by atoms with E-state index in [1.807, 2.05) is 0 Å². The zero-order valence-corrected chi connectivity index (χ0v) is 15.9. The number of carbonyl (C=O) groups excluding carboxylic acids is 1. The fraction of sp³-hybridized carbons (Fsp3) is 0.286. The number of halogens is 1. The van der Waals surface area contributed by atoms with Gasteiger partial charge in [0.2, 0.25) is 5.89 Å². The second-order valence-electron chi connectivity index (χ2n) is 7.92. The van der Waals surface area contributed by atoms with Crippen molar-refractivity contribution in [2.75, 3.05) is 0 Å². The molecule has 0 spiro atoms. The quantitative estimate of drug-likeness (QED) is 0.548. The molecule has 0 unspecified atom stereocenters. The van der Waals surface area contributed by atoms with E-state index in [1.165, 1.54) is 18.3 Å². The number of nitrogens with zero attached hydrogens (tertiary/aromatic N) is 5. The first-order valence-corrected chi connectivity index (χ1v) is 9.87. The molecule has 1 N–H and O–H groups in total. The van der Waals surface area contributed by atoms with Gasteiger partial charge in [0.05, 0.1) is 29.2 Å². The van der Waals surface area contributed by atoms with E-state index < -0.39 is 5.54 Å². The number of aromatic nitrogens is 5. The molecule has 2 saturated carbocycles. The van der Waals surface area contributed by atoms with Crippen LogP contribution in [0, 0.1) is 5.82 Å². The summed E-state index contributed by atoms with van der Waals surface area (Å²) in [6.07, 6.45) is 8.46. The maximum absolute atomic E-state index is 13.3. The smallest absolute Gasteiger partial charge is 0.254 e. The molecule has 0 aliphatic heterocycles. The van der Waals surface area contributed by atoms with E-state index >= 15 is 0 Å². The summed E-state index contributed by atoms with van der Waals surface area (Å²) >= 11 is 0. The fourth-order valence-electron chi connectivity index (χ4n) is 3.65. The van der Waals surface area contributed by atoms with E-state index in [2.05, 4.69) is 25.5 Å². The van der Waals surface area contributed by atoms with Crippen molar-refractivity contribution in [2.24, 2.45) is 0 Å². The second-order valence-corrected chi connectivity index (χ2v) is 7.92. The highest BCUT2D eigenvalue weighted by Crippen LogP contribution is 2.46. The van der Waals surface area contributed by atoms with Gasteiger partial charge in [-0.05, 0) is 49.9 Å². The minimum atomic E-state index is -0.581. The first-order chi connectivity index (χ1) is 14.6. The zero-order valence-electron chi connectivity index (χ0n) is 15.9. The van der Waals surface area contributed by atoms with E-state index in [0.29, 0.717) is 39.8 Å². The van der Waals surface area contributed by atoms with Crippen LogP contribution in [-0.4, -0.2) is 30.8 Å². The third kappa shape index (κ3) is 2.77. The molecule has 0 saturated heterocycles. The Morgan fingerprint density at radius 2 is 1.97 bits per heavy atom. The number of benzene rings is 1. The van der Waals surface area contributed by atoms with Gasteiger partial charge in [-0.1, -0.05) is 5.16 Å². The Bertz CT molecular complexity index is 1270. The zero-order chi connectivity index (χ0) is 20.3. The summed E-state index contributed by atoms with van der Waals surface area (Å²) in [5.74, 6) is 0.985. The summed E-state index contributed by atoms with van der Waals surface area (Å²) in [6, 6.07) is 5.98. The van der Waals surface area contributed by atoms with Crippen LogP contribution in [0.4, 0.5) is 4.39 Å². The van der Waals surface area contributed by atoms with E-state index in [1.54, 1.807) is 29.2 Å². The van der Waals surface area contributed by atoms with Gasteiger partial charge < -0.3 is 9.84 Å². The molecule has 0 radical (unpaired) electrons. The largest absolute Gasteiger partial charge is 0.339 e. The molecule has 9 heteroatoms. The highest BCUT2D eigenvalue weighted by atomic mass is 19.1. The number of pyridine rings is 1. The minimum absolute atomic E-state index is 0.262. The van der Waals surface area contributed by atoms with Crippen molar-refractivity contribution in [3.05, 3.63) is 66.0 Å². The lowest BCUT2D eigenvalue weighted by Crippen LogP contribution is -2.35. The molecule has 2 fully saturated rings. The molecule has 3 aromatic heterocycles. The Labute approximate surface area is 170 Å². The highest BCUT2D eigenvalue weighted by Gasteiger charge is 2.50. The number of fused-ring (bicyclic) bond motifs is 1. The molecule has 150 valence electrons. The Morgan fingerprint density at radius 3 is 2.70 bits per heavy atom. The summed E-state index contributed by atoms with van der Waals surface area (Å²) in [7, 11) is 0. The van der Waals surface area contributed by atoms with Crippen LogP contribution in [0.25, 0.3) is 16.6 Å². The van der Waals surface area contributed by atoms with E-state index in [9.17, 15) is 9.18 Å². The fourth-order valence-corrected chi connectivity index (χ4v) is 3.65. The number of hydrogen-bond donors (Lipinski definition) is 1. The summed E-state index contributed by atoms with van der Waals surface area (Å²) in [5, 5.41) is 12.2. The van der Waals surface area contributed by atoms with Gasteiger partial charge in [0.1, 0.15) is 11.4 Å². The van der Waals surface area contributed by atoms with Gasteiger partial charge in [0, 0.05) is 17.5 Å².